The summed E-state index contributed by atoms with van der Waals surface area (Å²) in [5, 5.41) is 11.1. The molecule has 1 aromatic heterocycles. The molecule has 1 amide bonds. The van der Waals surface area contributed by atoms with Gasteiger partial charge in [0.25, 0.3) is 5.91 Å². The summed E-state index contributed by atoms with van der Waals surface area (Å²) in [4.78, 5) is 17.4. The van der Waals surface area contributed by atoms with Gasteiger partial charge in [-0.2, -0.15) is 0 Å². The predicted molar refractivity (Wildman–Crippen MR) is 99.7 cm³/mol. The topological polar surface area (TPSA) is 76.4 Å². The highest BCUT2D eigenvalue weighted by Gasteiger charge is 2.25. The third-order valence-electron chi connectivity index (χ3n) is 5.28. The smallest absolute Gasteiger partial charge is 0.253 e. The largest absolute Gasteiger partial charge is 0.375 e. The first-order valence-corrected chi connectivity index (χ1v) is 9.76. The van der Waals surface area contributed by atoms with Gasteiger partial charge >= 0.3 is 0 Å². The van der Waals surface area contributed by atoms with Gasteiger partial charge in [-0.05, 0) is 67.0 Å². The van der Waals surface area contributed by atoms with E-state index in [0.717, 1.165) is 44.9 Å². The lowest BCUT2D eigenvalue weighted by molar-refractivity contribution is 0.0216. The maximum absolute atomic E-state index is 13.0. The van der Waals surface area contributed by atoms with Crippen molar-refractivity contribution in [3.05, 3.63) is 36.2 Å². The van der Waals surface area contributed by atoms with Gasteiger partial charge < -0.3 is 14.5 Å². The monoisotopic (exact) mass is 370 g/mol. The average Bonchev–Trinajstić information content (AvgIpc) is 3.15. The number of hydrogen-bond donors (Lipinski definition) is 0. The number of rotatable bonds is 4. The van der Waals surface area contributed by atoms with E-state index in [1.807, 2.05) is 29.2 Å². The molecule has 1 atom stereocenters. The van der Waals surface area contributed by atoms with E-state index in [4.69, 9.17) is 4.74 Å². The summed E-state index contributed by atoms with van der Waals surface area (Å²) in [5.74, 6) is 0.0624. The Labute approximate surface area is 159 Å². The Morgan fingerprint density at radius 1 is 1.07 bits per heavy atom. The quantitative estimate of drug-likeness (QED) is 0.809. The van der Waals surface area contributed by atoms with E-state index >= 15 is 0 Å². The zero-order valence-electron chi connectivity index (χ0n) is 15.5. The lowest BCUT2D eigenvalue weighted by Crippen LogP contribution is -2.43. The van der Waals surface area contributed by atoms with Crippen LogP contribution in [0.25, 0.3) is 5.69 Å². The van der Waals surface area contributed by atoms with E-state index in [0.29, 0.717) is 12.1 Å². The molecule has 2 aliphatic rings. The van der Waals surface area contributed by atoms with Gasteiger partial charge in [-0.15, -0.1) is 5.10 Å². The van der Waals surface area contributed by atoms with Crippen molar-refractivity contribution in [2.45, 2.75) is 31.8 Å². The third kappa shape index (κ3) is 4.51. The molecule has 3 heterocycles. The van der Waals surface area contributed by atoms with Crippen molar-refractivity contribution in [3.8, 4) is 5.69 Å². The van der Waals surface area contributed by atoms with Gasteiger partial charge in [0.1, 0.15) is 6.33 Å². The van der Waals surface area contributed by atoms with Gasteiger partial charge in [-0.25, -0.2) is 4.68 Å². The highest BCUT2D eigenvalue weighted by Crippen LogP contribution is 2.16. The van der Waals surface area contributed by atoms with Crippen LogP contribution in [0.5, 0.6) is 0 Å². The number of carbonyl (C=O) groups is 1. The van der Waals surface area contributed by atoms with Crippen molar-refractivity contribution in [2.24, 2.45) is 0 Å². The molecule has 0 unspecified atom stereocenters. The molecule has 0 bridgehead atoms. The minimum Gasteiger partial charge on any atom is -0.375 e. The summed E-state index contributed by atoms with van der Waals surface area (Å²) in [5.41, 5.74) is 1.52. The van der Waals surface area contributed by atoms with Crippen molar-refractivity contribution in [1.29, 1.82) is 0 Å². The van der Waals surface area contributed by atoms with Crippen molar-refractivity contribution in [2.75, 3.05) is 39.3 Å². The molecule has 144 valence electrons. The maximum Gasteiger partial charge on any atom is 0.253 e. The lowest BCUT2D eigenvalue weighted by Gasteiger charge is -2.31. The lowest BCUT2D eigenvalue weighted by atomic mass is 10.1. The standard InChI is InChI=1S/C19H26N6O2/c26-19(16-5-7-17(8-6-16)25-15-20-21-22-25)24-11-4-12-27-18(14-24)13-23-9-2-1-3-10-23/h5-8,15,18H,1-4,9-14H2/t18-/m0/s1. The molecule has 0 aliphatic carbocycles. The molecule has 0 radical (unpaired) electrons. The summed E-state index contributed by atoms with van der Waals surface area (Å²) >= 11 is 0. The van der Waals surface area contributed by atoms with Crippen molar-refractivity contribution >= 4 is 5.91 Å². The number of amides is 1. The van der Waals surface area contributed by atoms with Crippen LogP contribution >= 0.6 is 0 Å². The van der Waals surface area contributed by atoms with Crippen LogP contribution in [0.2, 0.25) is 0 Å². The second kappa shape index (κ2) is 8.58. The van der Waals surface area contributed by atoms with Gasteiger partial charge in [-0.3, -0.25) is 4.79 Å². The molecular formula is C19H26N6O2. The predicted octanol–water partition coefficient (Wildman–Crippen LogP) is 1.38. The Bertz CT molecular complexity index is 727. The number of hydrogen-bond acceptors (Lipinski definition) is 6. The van der Waals surface area contributed by atoms with Crippen molar-refractivity contribution < 1.29 is 9.53 Å². The molecule has 2 saturated heterocycles. The average molecular weight is 370 g/mol. The summed E-state index contributed by atoms with van der Waals surface area (Å²) in [6.45, 7) is 5.33. The SMILES string of the molecule is O=C(c1ccc(-n2cnnn2)cc1)N1CCCO[C@@H](CN2CCCCC2)C1. The maximum atomic E-state index is 13.0. The van der Waals surface area contributed by atoms with Crippen molar-refractivity contribution in [3.63, 3.8) is 0 Å². The van der Waals surface area contributed by atoms with Crippen LogP contribution in [0.4, 0.5) is 0 Å². The second-order valence-electron chi connectivity index (χ2n) is 7.26. The van der Waals surface area contributed by atoms with Crippen LogP contribution < -0.4 is 0 Å². The first-order valence-electron chi connectivity index (χ1n) is 9.76. The molecule has 2 fully saturated rings. The zero-order chi connectivity index (χ0) is 18.5. The summed E-state index contributed by atoms with van der Waals surface area (Å²) in [6.07, 6.45) is 6.37. The van der Waals surface area contributed by atoms with Crippen molar-refractivity contribution in [1.82, 2.24) is 30.0 Å². The Kier molecular flexibility index (Phi) is 5.74. The van der Waals surface area contributed by atoms with Crippen LogP contribution in [-0.2, 0) is 4.74 Å². The van der Waals surface area contributed by atoms with Gasteiger partial charge in [0.15, 0.2) is 0 Å². The number of nitrogens with zero attached hydrogens (tertiary/aromatic N) is 6. The number of aromatic nitrogens is 4. The first-order chi connectivity index (χ1) is 13.3. The van der Waals surface area contributed by atoms with Crippen LogP contribution in [0.1, 0.15) is 36.0 Å². The molecule has 2 aromatic rings. The Morgan fingerprint density at radius 3 is 2.63 bits per heavy atom. The van der Waals surface area contributed by atoms with E-state index in [2.05, 4.69) is 20.4 Å². The zero-order valence-corrected chi connectivity index (χ0v) is 15.5. The van der Waals surface area contributed by atoms with Gasteiger partial charge in [0.2, 0.25) is 0 Å². The highest BCUT2D eigenvalue weighted by atomic mass is 16.5. The van der Waals surface area contributed by atoms with E-state index in [-0.39, 0.29) is 12.0 Å². The fraction of sp³-hybridized carbons (Fsp3) is 0.579. The highest BCUT2D eigenvalue weighted by molar-refractivity contribution is 5.94. The molecule has 8 nitrogen and oxygen atoms in total. The van der Waals surface area contributed by atoms with Gasteiger partial charge in [0.05, 0.1) is 11.8 Å². The molecule has 27 heavy (non-hydrogen) atoms. The fourth-order valence-electron chi connectivity index (χ4n) is 3.84. The van der Waals surface area contributed by atoms with Crippen LogP contribution in [-0.4, -0.2) is 81.3 Å². The van der Waals surface area contributed by atoms with Gasteiger partial charge in [-0.1, -0.05) is 6.42 Å². The van der Waals surface area contributed by atoms with E-state index < -0.39 is 0 Å². The van der Waals surface area contributed by atoms with Crippen LogP contribution in [0.3, 0.4) is 0 Å². The first kappa shape index (κ1) is 18.1. The number of benzene rings is 1. The number of piperidine rings is 1. The molecule has 2 aliphatic heterocycles. The summed E-state index contributed by atoms with van der Waals surface area (Å²) < 4.78 is 7.60. The minimum absolute atomic E-state index is 0.0624. The number of carbonyl (C=O) groups excluding carboxylic acids is 1. The Balaban J connectivity index is 1.40. The molecule has 4 rings (SSSR count). The Hall–Kier alpha value is -2.32. The second-order valence-corrected chi connectivity index (χ2v) is 7.26. The van der Waals surface area contributed by atoms with E-state index in [1.165, 1.54) is 25.6 Å². The Morgan fingerprint density at radius 2 is 1.89 bits per heavy atom. The fourth-order valence-corrected chi connectivity index (χ4v) is 3.84. The van der Waals surface area contributed by atoms with Crippen LogP contribution in [0.15, 0.2) is 30.6 Å². The van der Waals surface area contributed by atoms with E-state index in [1.54, 1.807) is 4.68 Å². The third-order valence-corrected chi connectivity index (χ3v) is 5.28. The minimum atomic E-state index is 0.0624. The van der Waals surface area contributed by atoms with Gasteiger partial charge in [0, 0.05) is 31.8 Å². The number of ether oxygens (including phenoxy) is 1. The number of tetrazole rings is 1. The molecule has 0 spiro atoms. The molecule has 1 aromatic carbocycles. The molecule has 0 N–H and O–H groups in total. The normalized spacial score (nSPS) is 21.8. The van der Waals surface area contributed by atoms with E-state index in [9.17, 15) is 4.79 Å². The molecule has 0 saturated carbocycles. The summed E-state index contributed by atoms with van der Waals surface area (Å²) in [6, 6.07) is 7.40. The summed E-state index contributed by atoms with van der Waals surface area (Å²) in [7, 11) is 0. The molecular weight excluding hydrogens is 344 g/mol. The molecule has 8 heteroatoms. The van der Waals surface area contributed by atoms with Crippen LogP contribution in [0, 0.1) is 0 Å². The number of likely N-dealkylation sites (tertiary alicyclic amines) is 1.